The monoisotopic (exact) mass is 116 g/mol. The fourth-order valence-corrected chi connectivity index (χ4v) is 0.510. The molecule has 0 aromatic carbocycles. The quantitative estimate of drug-likeness (QED) is 0.449. The lowest BCUT2D eigenvalue weighted by molar-refractivity contribution is -0.143. The third-order valence-electron chi connectivity index (χ3n) is 0.836. The molecule has 1 aliphatic rings. The van der Waals surface area contributed by atoms with E-state index in [0.717, 1.165) is 0 Å². The van der Waals surface area contributed by atoms with Gasteiger partial charge < -0.3 is 9.47 Å². The fourth-order valence-electron chi connectivity index (χ4n) is 0.510. The molecule has 0 aromatic heterocycles. The molecule has 45 valence electrons. The second-order valence-electron chi connectivity index (χ2n) is 1.44. The summed E-state index contributed by atoms with van der Waals surface area (Å²) in [6.07, 6.45) is -0.907. The Morgan fingerprint density at radius 2 is 2.00 bits per heavy atom. The van der Waals surface area contributed by atoms with Gasteiger partial charge in [-0.2, -0.15) is 0 Å². The SMILES string of the molecule is [NH]C(=O)C1OCCO1. The first-order valence-electron chi connectivity index (χ1n) is 2.29. The van der Waals surface area contributed by atoms with E-state index in [1.165, 1.54) is 0 Å². The van der Waals surface area contributed by atoms with E-state index in [-0.39, 0.29) is 0 Å². The average molecular weight is 116 g/mol. The molecule has 0 unspecified atom stereocenters. The van der Waals surface area contributed by atoms with Gasteiger partial charge in [-0.05, 0) is 0 Å². The normalized spacial score (nSPS) is 21.5. The number of hydrogen-bond donors (Lipinski definition) is 0. The lowest BCUT2D eigenvalue weighted by atomic mass is 10.6. The smallest absolute Gasteiger partial charge is 0.295 e. The van der Waals surface area contributed by atoms with Gasteiger partial charge in [0.15, 0.2) is 0 Å². The van der Waals surface area contributed by atoms with E-state index in [1.807, 2.05) is 0 Å². The van der Waals surface area contributed by atoms with Crippen LogP contribution in [-0.2, 0) is 14.3 Å². The first-order chi connectivity index (χ1) is 3.80. The van der Waals surface area contributed by atoms with Crippen molar-refractivity contribution in [1.29, 1.82) is 0 Å². The van der Waals surface area contributed by atoms with Gasteiger partial charge in [0.1, 0.15) is 0 Å². The number of carbonyl (C=O) groups excluding carboxylic acids is 1. The molecule has 1 radical (unpaired) electrons. The molecular formula is C4H6NO3. The minimum atomic E-state index is -0.907. The zero-order chi connectivity index (χ0) is 5.98. The highest BCUT2D eigenvalue weighted by Crippen LogP contribution is 2.01. The summed E-state index contributed by atoms with van der Waals surface area (Å²) in [5.74, 6) is -0.803. The van der Waals surface area contributed by atoms with Gasteiger partial charge in [-0.15, -0.1) is 0 Å². The standard InChI is InChI=1S/C4H6NO3/c5-3(6)4-7-1-2-8-4/h4-5H,1-2H2. The number of hydrogen-bond acceptors (Lipinski definition) is 3. The Kier molecular flexibility index (Phi) is 1.45. The van der Waals surface area contributed by atoms with E-state index >= 15 is 0 Å². The van der Waals surface area contributed by atoms with E-state index in [4.69, 9.17) is 5.73 Å². The van der Waals surface area contributed by atoms with Gasteiger partial charge in [-0.3, -0.25) is 10.5 Å². The Labute approximate surface area is 46.6 Å². The molecule has 0 aromatic rings. The molecule has 4 heteroatoms. The Bertz CT molecular complexity index is 97.5. The van der Waals surface area contributed by atoms with Gasteiger partial charge in [0.2, 0.25) is 6.29 Å². The number of nitrogens with one attached hydrogen (secondary N) is 1. The van der Waals surface area contributed by atoms with E-state index in [9.17, 15) is 4.79 Å². The van der Waals surface area contributed by atoms with Crippen molar-refractivity contribution in [3.8, 4) is 0 Å². The summed E-state index contributed by atoms with van der Waals surface area (Å²) in [4.78, 5) is 10.1. The summed E-state index contributed by atoms with van der Waals surface area (Å²) < 4.78 is 9.31. The van der Waals surface area contributed by atoms with E-state index in [1.54, 1.807) is 0 Å². The van der Waals surface area contributed by atoms with Crippen LogP contribution >= 0.6 is 0 Å². The van der Waals surface area contributed by atoms with Crippen molar-refractivity contribution >= 4 is 5.91 Å². The second kappa shape index (κ2) is 2.11. The summed E-state index contributed by atoms with van der Waals surface area (Å²) in [5, 5.41) is 0. The predicted molar refractivity (Wildman–Crippen MR) is 23.8 cm³/mol. The van der Waals surface area contributed by atoms with Crippen LogP contribution in [0.25, 0.3) is 0 Å². The summed E-state index contributed by atoms with van der Waals surface area (Å²) in [6.45, 7) is 0.852. The highest BCUT2D eigenvalue weighted by atomic mass is 16.7. The minimum Gasteiger partial charge on any atom is -0.342 e. The Morgan fingerprint density at radius 1 is 1.50 bits per heavy atom. The van der Waals surface area contributed by atoms with Crippen LogP contribution in [-0.4, -0.2) is 25.4 Å². The zero-order valence-electron chi connectivity index (χ0n) is 4.22. The van der Waals surface area contributed by atoms with Gasteiger partial charge in [0, 0.05) is 0 Å². The topological polar surface area (TPSA) is 59.3 Å². The third kappa shape index (κ3) is 0.962. The van der Waals surface area contributed by atoms with Crippen LogP contribution in [0.3, 0.4) is 0 Å². The summed E-state index contributed by atoms with van der Waals surface area (Å²) in [7, 11) is 0. The van der Waals surface area contributed by atoms with Crippen LogP contribution in [0.5, 0.6) is 0 Å². The molecule has 1 rings (SSSR count). The van der Waals surface area contributed by atoms with Crippen molar-refractivity contribution in [3.63, 3.8) is 0 Å². The van der Waals surface area contributed by atoms with Crippen molar-refractivity contribution in [3.05, 3.63) is 0 Å². The van der Waals surface area contributed by atoms with Crippen molar-refractivity contribution < 1.29 is 14.3 Å². The molecule has 0 atom stereocenters. The molecule has 0 spiro atoms. The van der Waals surface area contributed by atoms with Crippen LogP contribution in [0.1, 0.15) is 0 Å². The predicted octanol–water partition coefficient (Wildman–Crippen LogP) is -0.831. The molecule has 1 amide bonds. The lowest BCUT2D eigenvalue weighted by Crippen LogP contribution is -2.21. The van der Waals surface area contributed by atoms with E-state index < -0.39 is 12.2 Å². The Balaban J connectivity index is 2.35. The highest BCUT2D eigenvalue weighted by molar-refractivity contribution is 5.76. The molecule has 8 heavy (non-hydrogen) atoms. The van der Waals surface area contributed by atoms with Gasteiger partial charge >= 0.3 is 0 Å². The maximum absolute atomic E-state index is 10.1. The van der Waals surface area contributed by atoms with Crippen LogP contribution in [0.15, 0.2) is 0 Å². The number of ether oxygens (including phenoxy) is 2. The van der Waals surface area contributed by atoms with Crippen LogP contribution in [0.4, 0.5) is 0 Å². The number of rotatable bonds is 1. The molecule has 1 N–H and O–H groups in total. The maximum Gasteiger partial charge on any atom is 0.295 e. The zero-order valence-corrected chi connectivity index (χ0v) is 4.22. The summed E-state index contributed by atoms with van der Waals surface area (Å²) in [6, 6.07) is 0. The van der Waals surface area contributed by atoms with Gasteiger partial charge in [-0.1, -0.05) is 0 Å². The van der Waals surface area contributed by atoms with Crippen molar-refractivity contribution in [2.45, 2.75) is 6.29 Å². The first kappa shape index (κ1) is 5.53. The van der Waals surface area contributed by atoms with Gasteiger partial charge in [0.25, 0.3) is 5.91 Å². The lowest BCUT2D eigenvalue weighted by Gasteiger charge is -1.99. The summed E-state index contributed by atoms with van der Waals surface area (Å²) >= 11 is 0. The second-order valence-corrected chi connectivity index (χ2v) is 1.44. The molecule has 0 bridgehead atoms. The minimum absolute atomic E-state index is 0.426. The van der Waals surface area contributed by atoms with E-state index in [0.29, 0.717) is 13.2 Å². The third-order valence-corrected chi connectivity index (χ3v) is 0.836. The molecule has 1 fully saturated rings. The average Bonchev–Trinajstić information content (AvgIpc) is 2.12. The molecule has 1 heterocycles. The van der Waals surface area contributed by atoms with Gasteiger partial charge in [-0.25, -0.2) is 0 Å². The first-order valence-corrected chi connectivity index (χ1v) is 2.29. The molecule has 1 aliphatic heterocycles. The Morgan fingerprint density at radius 3 is 2.25 bits per heavy atom. The Hall–Kier alpha value is -0.610. The van der Waals surface area contributed by atoms with Crippen LogP contribution in [0, 0.1) is 0 Å². The van der Waals surface area contributed by atoms with Crippen LogP contribution < -0.4 is 5.73 Å². The molecule has 1 saturated heterocycles. The fraction of sp³-hybridized carbons (Fsp3) is 0.750. The van der Waals surface area contributed by atoms with Crippen molar-refractivity contribution in [2.24, 2.45) is 0 Å². The van der Waals surface area contributed by atoms with Crippen molar-refractivity contribution in [2.75, 3.05) is 13.2 Å². The molecule has 0 saturated carbocycles. The number of amides is 1. The maximum atomic E-state index is 10.1. The molecule has 4 nitrogen and oxygen atoms in total. The molecule has 0 aliphatic carbocycles. The van der Waals surface area contributed by atoms with Crippen LogP contribution in [0.2, 0.25) is 0 Å². The van der Waals surface area contributed by atoms with E-state index in [2.05, 4.69) is 9.47 Å². The largest absolute Gasteiger partial charge is 0.342 e. The molecular weight excluding hydrogens is 110 g/mol. The number of carbonyl (C=O) groups is 1. The highest BCUT2D eigenvalue weighted by Gasteiger charge is 2.21. The van der Waals surface area contributed by atoms with Crippen molar-refractivity contribution in [1.82, 2.24) is 5.73 Å². The van der Waals surface area contributed by atoms with Gasteiger partial charge in [0.05, 0.1) is 13.2 Å². The summed E-state index contributed by atoms with van der Waals surface area (Å²) in [5.41, 5.74) is 6.49.